The van der Waals surface area contributed by atoms with Crippen LogP contribution in [0.2, 0.25) is 0 Å². The highest BCUT2D eigenvalue weighted by Gasteiger charge is 2.29. The third kappa shape index (κ3) is 2.55. The number of nitrogens with two attached hydrogens (primary N) is 1. The second-order valence-electron chi connectivity index (χ2n) is 3.87. The van der Waals surface area contributed by atoms with E-state index in [0.29, 0.717) is 16.4 Å². The van der Waals surface area contributed by atoms with Gasteiger partial charge in [-0.2, -0.15) is 16.7 Å². The molecule has 0 aliphatic carbocycles. The van der Waals surface area contributed by atoms with Gasteiger partial charge in [0, 0.05) is 16.8 Å². The molecule has 0 radical (unpaired) electrons. The smallest absolute Gasteiger partial charge is 0.243 e. The van der Waals surface area contributed by atoms with E-state index in [1.165, 1.54) is 5.75 Å². The van der Waals surface area contributed by atoms with Gasteiger partial charge in [0.1, 0.15) is 0 Å². The number of thioether (sulfide) groups is 2. The van der Waals surface area contributed by atoms with Crippen molar-refractivity contribution in [3.05, 3.63) is 11.7 Å². The standard InChI is InChI=1S/C10H17N3OS2/c1-3-7(11)10-12-9(13-14-10)8-6(2)15-4-5-16-8/h6-8H,3-5,11H2,1-2H3/t6?,7-,8?/m0/s1. The summed E-state index contributed by atoms with van der Waals surface area (Å²) in [5, 5.41) is 4.95. The molecule has 1 aliphatic rings. The predicted octanol–water partition coefficient (Wildman–Crippen LogP) is 2.39. The van der Waals surface area contributed by atoms with E-state index in [4.69, 9.17) is 10.3 Å². The average Bonchev–Trinajstić information content (AvgIpc) is 2.78. The molecular formula is C10H17N3OS2. The van der Waals surface area contributed by atoms with Crippen LogP contribution in [0.5, 0.6) is 0 Å². The largest absolute Gasteiger partial charge is 0.338 e. The zero-order valence-corrected chi connectivity index (χ0v) is 11.2. The first-order valence-electron chi connectivity index (χ1n) is 5.54. The molecule has 90 valence electrons. The highest BCUT2D eigenvalue weighted by atomic mass is 32.2. The highest BCUT2D eigenvalue weighted by molar-refractivity contribution is 8.06. The van der Waals surface area contributed by atoms with Crippen molar-refractivity contribution in [1.82, 2.24) is 10.1 Å². The Kier molecular flexibility index (Phi) is 4.16. The van der Waals surface area contributed by atoms with Crippen molar-refractivity contribution in [3.63, 3.8) is 0 Å². The molecule has 2 N–H and O–H groups in total. The summed E-state index contributed by atoms with van der Waals surface area (Å²) in [4.78, 5) is 4.42. The number of hydrogen-bond acceptors (Lipinski definition) is 6. The molecule has 0 saturated carbocycles. The van der Waals surface area contributed by atoms with Crippen LogP contribution in [0, 0.1) is 0 Å². The van der Waals surface area contributed by atoms with Gasteiger partial charge in [0.25, 0.3) is 0 Å². The van der Waals surface area contributed by atoms with Gasteiger partial charge in [0.05, 0.1) is 11.3 Å². The van der Waals surface area contributed by atoms with E-state index in [-0.39, 0.29) is 6.04 Å². The van der Waals surface area contributed by atoms with Crippen LogP contribution in [0.25, 0.3) is 0 Å². The minimum absolute atomic E-state index is 0.127. The highest BCUT2D eigenvalue weighted by Crippen LogP contribution is 2.41. The molecular weight excluding hydrogens is 242 g/mol. The molecule has 0 amide bonds. The Morgan fingerprint density at radius 3 is 2.94 bits per heavy atom. The Labute approximate surface area is 104 Å². The summed E-state index contributed by atoms with van der Waals surface area (Å²) in [6.07, 6.45) is 0.823. The first kappa shape index (κ1) is 12.3. The molecule has 6 heteroatoms. The Bertz CT molecular complexity index is 345. The van der Waals surface area contributed by atoms with E-state index in [1.807, 2.05) is 30.4 Å². The van der Waals surface area contributed by atoms with E-state index in [0.717, 1.165) is 18.0 Å². The van der Waals surface area contributed by atoms with Gasteiger partial charge in [-0.15, -0.1) is 11.8 Å². The van der Waals surface area contributed by atoms with Crippen molar-refractivity contribution in [3.8, 4) is 0 Å². The molecule has 1 saturated heterocycles. The summed E-state index contributed by atoms with van der Waals surface area (Å²) in [6.45, 7) is 4.24. The van der Waals surface area contributed by atoms with Gasteiger partial charge in [-0.25, -0.2) is 0 Å². The second-order valence-corrected chi connectivity index (χ2v) is 6.61. The van der Waals surface area contributed by atoms with Crippen molar-refractivity contribution >= 4 is 23.5 Å². The fraction of sp³-hybridized carbons (Fsp3) is 0.800. The van der Waals surface area contributed by atoms with Crippen LogP contribution in [-0.4, -0.2) is 26.9 Å². The van der Waals surface area contributed by atoms with Crippen LogP contribution in [0.15, 0.2) is 4.52 Å². The van der Waals surface area contributed by atoms with Crippen LogP contribution >= 0.6 is 23.5 Å². The van der Waals surface area contributed by atoms with E-state index in [1.54, 1.807) is 0 Å². The molecule has 0 aromatic carbocycles. The van der Waals surface area contributed by atoms with E-state index < -0.39 is 0 Å². The maximum Gasteiger partial charge on any atom is 0.243 e. The first-order valence-corrected chi connectivity index (χ1v) is 7.64. The molecule has 1 aromatic heterocycles. The Morgan fingerprint density at radius 1 is 1.50 bits per heavy atom. The van der Waals surface area contributed by atoms with E-state index in [2.05, 4.69) is 17.1 Å². The van der Waals surface area contributed by atoms with Crippen LogP contribution < -0.4 is 5.73 Å². The monoisotopic (exact) mass is 259 g/mol. The molecule has 1 aliphatic heterocycles. The molecule has 1 aromatic rings. The molecule has 4 nitrogen and oxygen atoms in total. The minimum Gasteiger partial charge on any atom is -0.338 e. The first-order chi connectivity index (χ1) is 7.72. The van der Waals surface area contributed by atoms with Crippen molar-refractivity contribution in [2.24, 2.45) is 5.73 Å². The third-order valence-corrected chi connectivity index (χ3v) is 5.74. The molecule has 3 atom stereocenters. The summed E-state index contributed by atoms with van der Waals surface area (Å²) < 4.78 is 5.21. The zero-order valence-electron chi connectivity index (χ0n) is 9.55. The van der Waals surface area contributed by atoms with Crippen LogP contribution in [0.1, 0.15) is 43.3 Å². The Hall–Kier alpha value is -0.200. The SMILES string of the molecule is CC[C@H](N)c1nc(C2SCCSC2C)no1. The third-order valence-electron chi connectivity index (χ3n) is 2.66. The normalized spacial score (nSPS) is 27.9. The topological polar surface area (TPSA) is 64.9 Å². The van der Waals surface area contributed by atoms with Gasteiger partial charge in [0.15, 0.2) is 5.82 Å². The average molecular weight is 259 g/mol. The Morgan fingerprint density at radius 2 is 2.25 bits per heavy atom. The summed E-state index contributed by atoms with van der Waals surface area (Å²) in [7, 11) is 0. The fourth-order valence-corrected chi connectivity index (χ4v) is 4.28. The molecule has 0 bridgehead atoms. The Balaban J connectivity index is 2.11. The van der Waals surface area contributed by atoms with Gasteiger partial charge in [-0.3, -0.25) is 0 Å². The summed E-state index contributed by atoms with van der Waals surface area (Å²) in [6, 6.07) is -0.127. The second kappa shape index (κ2) is 5.42. The van der Waals surface area contributed by atoms with Gasteiger partial charge in [0.2, 0.25) is 5.89 Å². The number of hydrogen-bond donors (Lipinski definition) is 1. The number of nitrogens with zero attached hydrogens (tertiary/aromatic N) is 2. The fourth-order valence-electron chi connectivity index (χ4n) is 1.60. The van der Waals surface area contributed by atoms with Crippen molar-refractivity contribution in [2.75, 3.05) is 11.5 Å². The van der Waals surface area contributed by atoms with Gasteiger partial charge in [-0.1, -0.05) is 19.0 Å². The zero-order chi connectivity index (χ0) is 11.5. The van der Waals surface area contributed by atoms with Crippen molar-refractivity contribution < 1.29 is 4.52 Å². The molecule has 16 heavy (non-hydrogen) atoms. The lowest BCUT2D eigenvalue weighted by molar-refractivity contribution is 0.348. The maximum atomic E-state index is 5.86. The van der Waals surface area contributed by atoms with Crippen molar-refractivity contribution in [2.45, 2.75) is 36.8 Å². The quantitative estimate of drug-likeness (QED) is 0.899. The van der Waals surface area contributed by atoms with Gasteiger partial charge in [-0.05, 0) is 6.42 Å². The predicted molar refractivity (Wildman–Crippen MR) is 68.6 cm³/mol. The summed E-state index contributed by atoms with van der Waals surface area (Å²) >= 11 is 3.88. The molecule has 2 unspecified atom stereocenters. The molecule has 1 fully saturated rings. The molecule has 0 spiro atoms. The van der Waals surface area contributed by atoms with E-state index in [9.17, 15) is 0 Å². The minimum atomic E-state index is -0.127. The lowest BCUT2D eigenvalue weighted by Gasteiger charge is -2.24. The van der Waals surface area contributed by atoms with Crippen LogP contribution in [0.3, 0.4) is 0 Å². The summed E-state index contributed by atoms with van der Waals surface area (Å²) in [5.74, 6) is 3.75. The maximum absolute atomic E-state index is 5.86. The number of rotatable bonds is 3. The summed E-state index contributed by atoms with van der Waals surface area (Å²) in [5.41, 5.74) is 5.86. The van der Waals surface area contributed by atoms with Crippen LogP contribution in [-0.2, 0) is 0 Å². The molecule has 2 heterocycles. The lowest BCUT2D eigenvalue weighted by Crippen LogP contribution is -2.17. The van der Waals surface area contributed by atoms with Crippen molar-refractivity contribution in [1.29, 1.82) is 0 Å². The van der Waals surface area contributed by atoms with E-state index >= 15 is 0 Å². The lowest BCUT2D eigenvalue weighted by atomic mass is 10.2. The molecule has 2 rings (SSSR count). The van der Waals surface area contributed by atoms with Gasteiger partial charge < -0.3 is 10.3 Å². The number of aromatic nitrogens is 2. The van der Waals surface area contributed by atoms with Crippen LogP contribution in [0.4, 0.5) is 0 Å². The van der Waals surface area contributed by atoms with Gasteiger partial charge >= 0.3 is 0 Å².